The molecule has 1 heterocycles. The van der Waals surface area contributed by atoms with E-state index in [2.05, 4.69) is 15.7 Å². The van der Waals surface area contributed by atoms with E-state index < -0.39 is 0 Å². The number of carbonyl (C=O) groups excluding carboxylic acids is 2. The molecule has 5 nitrogen and oxygen atoms in total. The van der Waals surface area contributed by atoms with Crippen LogP contribution in [-0.4, -0.2) is 34.8 Å². The average molecular weight is 494 g/mol. The molecule has 162 valence electrons. The number of thioether (sulfide) groups is 1. The van der Waals surface area contributed by atoms with Gasteiger partial charge in [0.15, 0.2) is 0 Å². The molecule has 1 aromatic heterocycles. The van der Waals surface area contributed by atoms with Crippen LogP contribution in [0.1, 0.15) is 28.0 Å². The minimum absolute atomic E-state index is 0.101. The van der Waals surface area contributed by atoms with Crippen LogP contribution in [0.15, 0.2) is 52.7 Å². The van der Waals surface area contributed by atoms with Gasteiger partial charge in [-0.1, -0.05) is 29.3 Å². The predicted octanol–water partition coefficient (Wildman–Crippen LogP) is 6.15. The highest BCUT2D eigenvalue weighted by molar-refractivity contribution is 7.98. The van der Waals surface area contributed by atoms with Crippen LogP contribution in [0.3, 0.4) is 0 Å². The number of nitrogens with zero attached hydrogens (tertiary/aromatic N) is 2. The number of hydrogen-bond donors (Lipinski definition) is 1. The van der Waals surface area contributed by atoms with Gasteiger partial charge in [-0.15, -0.1) is 23.1 Å². The highest BCUT2D eigenvalue weighted by Crippen LogP contribution is 2.29. The maximum atomic E-state index is 12.9. The Balaban J connectivity index is 1.59. The highest BCUT2D eigenvalue weighted by atomic mass is 35.5. The van der Waals surface area contributed by atoms with Gasteiger partial charge in [0.25, 0.3) is 5.91 Å². The Bertz CT molecular complexity index is 1050. The van der Waals surface area contributed by atoms with Crippen molar-refractivity contribution in [3.63, 3.8) is 0 Å². The summed E-state index contributed by atoms with van der Waals surface area (Å²) in [7, 11) is 0. The second-order valence-corrected chi connectivity index (χ2v) is 9.56. The van der Waals surface area contributed by atoms with Crippen LogP contribution in [-0.2, 0) is 10.5 Å². The van der Waals surface area contributed by atoms with Crippen LogP contribution in [0.4, 0.5) is 5.69 Å². The third-order valence-corrected chi connectivity index (χ3v) is 6.88. The third kappa shape index (κ3) is 6.46. The summed E-state index contributed by atoms with van der Waals surface area (Å²) >= 11 is 15.5. The molecular weight excluding hydrogens is 473 g/mol. The van der Waals surface area contributed by atoms with Crippen LogP contribution in [0.5, 0.6) is 0 Å². The summed E-state index contributed by atoms with van der Waals surface area (Å²) in [6, 6.07) is 12.4. The molecule has 0 unspecified atom stereocenters. The Morgan fingerprint density at radius 2 is 1.81 bits per heavy atom. The van der Waals surface area contributed by atoms with Crippen molar-refractivity contribution in [1.29, 1.82) is 0 Å². The Kier molecular flexibility index (Phi) is 8.37. The quantitative estimate of drug-likeness (QED) is 0.382. The fourth-order valence-electron chi connectivity index (χ4n) is 2.80. The van der Waals surface area contributed by atoms with Gasteiger partial charge in [0.2, 0.25) is 5.91 Å². The lowest BCUT2D eigenvalue weighted by atomic mass is 10.2. The largest absolute Gasteiger partial charge is 0.330 e. The molecule has 0 radical (unpaired) electrons. The van der Waals surface area contributed by atoms with Gasteiger partial charge in [-0.05, 0) is 50.2 Å². The SMILES string of the molecule is CCN(CC(=O)Nc1c(Cl)cccc1Cl)C(=O)c1ccc(SCc2csc(C)n2)cc1. The molecule has 31 heavy (non-hydrogen) atoms. The van der Waals surface area contributed by atoms with E-state index in [0.717, 1.165) is 21.3 Å². The molecule has 3 rings (SSSR count). The minimum atomic E-state index is -0.365. The summed E-state index contributed by atoms with van der Waals surface area (Å²) in [6.45, 7) is 4.11. The minimum Gasteiger partial charge on any atom is -0.330 e. The fraction of sp³-hybridized carbons (Fsp3) is 0.227. The molecule has 0 aliphatic rings. The Hall–Kier alpha value is -2.06. The van der Waals surface area contributed by atoms with E-state index in [1.807, 2.05) is 26.0 Å². The predicted molar refractivity (Wildman–Crippen MR) is 130 cm³/mol. The molecule has 0 saturated heterocycles. The molecule has 0 bridgehead atoms. The van der Waals surface area contributed by atoms with E-state index in [0.29, 0.717) is 27.8 Å². The molecule has 1 N–H and O–H groups in total. The van der Waals surface area contributed by atoms with E-state index in [9.17, 15) is 9.59 Å². The van der Waals surface area contributed by atoms with Gasteiger partial charge in [0.05, 0.1) is 26.4 Å². The molecule has 9 heteroatoms. The van der Waals surface area contributed by atoms with Gasteiger partial charge in [-0.3, -0.25) is 9.59 Å². The number of hydrogen-bond acceptors (Lipinski definition) is 5. The van der Waals surface area contributed by atoms with Gasteiger partial charge in [0, 0.05) is 28.1 Å². The number of likely N-dealkylation sites (N-methyl/N-ethyl adjacent to an activating group) is 1. The van der Waals surface area contributed by atoms with Crippen molar-refractivity contribution in [2.24, 2.45) is 0 Å². The Labute approximate surface area is 199 Å². The van der Waals surface area contributed by atoms with E-state index in [1.165, 1.54) is 4.90 Å². The maximum absolute atomic E-state index is 12.9. The number of nitrogens with one attached hydrogen (secondary N) is 1. The maximum Gasteiger partial charge on any atom is 0.254 e. The number of thiazole rings is 1. The zero-order chi connectivity index (χ0) is 22.4. The van der Waals surface area contributed by atoms with E-state index >= 15 is 0 Å². The number of carbonyl (C=O) groups is 2. The lowest BCUT2D eigenvalue weighted by Crippen LogP contribution is -2.37. The standard InChI is InChI=1S/C22H21Cl2N3O2S2/c1-3-27(11-20(28)26-21-18(23)5-4-6-19(21)24)22(29)15-7-9-17(10-8-15)31-13-16-12-30-14(2)25-16/h4-10,12H,3,11,13H2,1-2H3,(H,26,28). The van der Waals surface area contributed by atoms with Crippen molar-refractivity contribution >= 4 is 63.8 Å². The van der Waals surface area contributed by atoms with Crippen molar-refractivity contribution in [2.45, 2.75) is 24.5 Å². The lowest BCUT2D eigenvalue weighted by molar-refractivity contribution is -0.116. The number of anilines is 1. The lowest BCUT2D eigenvalue weighted by Gasteiger charge is -2.21. The number of para-hydroxylation sites is 1. The highest BCUT2D eigenvalue weighted by Gasteiger charge is 2.19. The molecule has 0 aliphatic heterocycles. The molecule has 0 atom stereocenters. The molecule has 2 aromatic carbocycles. The van der Waals surface area contributed by atoms with Crippen LogP contribution < -0.4 is 5.32 Å². The summed E-state index contributed by atoms with van der Waals surface area (Å²) < 4.78 is 0. The van der Waals surface area contributed by atoms with E-state index in [1.54, 1.807) is 53.4 Å². The first kappa shape index (κ1) is 23.6. The fourth-order valence-corrected chi connectivity index (χ4v) is 4.81. The topological polar surface area (TPSA) is 62.3 Å². The smallest absolute Gasteiger partial charge is 0.254 e. The zero-order valence-electron chi connectivity index (χ0n) is 17.0. The second kappa shape index (κ2) is 11.0. The summed E-state index contributed by atoms with van der Waals surface area (Å²) in [5, 5.41) is 6.48. The second-order valence-electron chi connectivity index (χ2n) is 6.64. The molecule has 0 aliphatic carbocycles. The first-order valence-corrected chi connectivity index (χ1v) is 12.2. The number of rotatable bonds is 8. The summed E-state index contributed by atoms with van der Waals surface area (Å²) in [4.78, 5) is 32.3. The first-order chi connectivity index (χ1) is 14.9. The Morgan fingerprint density at radius 1 is 1.13 bits per heavy atom. The number of amides is 2. The third-order valence-electron chi connectivity index (χ3n) is 4.39. The van der Waals surface area contributed by atoms with Crippen molar-refractivity contribution in [3.8, 4) is 0 Å². The summed E-state index contributed by atoms with van der Waals surface area (Å²) in [5.41, 5.74) is 1.92. The van der Waals surface area contributed by atoms with Crippen LogP contribution in [0, 0.1) is 6.92 Å². The zero-order valence-corrected chi connectivity index (χ0v) is 20.2. The van der Waals surface area contributed by atoms with Gasteiger partial charge in [-0.2, -0.15) is 0 Å². The van der Waals surface area contributed by atoms with E-state index in [4.69, 9.17) is 23.2 Å². The Morgan fingerprint density at radius 3 is 2.39 bits per heavy atom. The van der Waals surface area contributed by atoms with Crippen molar-refractivity contribution in [1.82, 2.24) is 9.88 Å². The molecule has 0 fully saturated rings. The number of aromatic nitrogens is 1. The summed E-state index contributed by atoms with van der Waals surface area (Å²) in [5.74, 6) is 0.203. The molecule has 3 aromatic rings. The van der Waals surface area contributed by atoms with Gasteiger partial charge >= 0.3 is 0 Å². The first-order valence-electron chi connectivity index (χ1n) is 9.54. The molecule has 0 saturated carbocycles. The number of benzene rings is 2. The number of halogens is 2. The average Bonchev–Trinajstić information content (AvgIpc) is 3.18. The van der Waals surface area contributed by atoms with Gasteiger partial charge in [0.1, 0.15) is 6.54 Å². The van der Waals surface area contributed by atoms with Gasteiger partial charge in [-0.25, -0.2) is 4.98 Å². The molecule has 2 amide bonds. The number of aryl methyl sites for hydroxylation is 1. The monoisotopic (exact) mass is 493 g/mol. The normalized spacial score (nSPS) is 10.7. The van der Waals surface area contributed by atoms with E-state index in [-0.39, 0.29) is 18.4 Å². The van der Waals surface area contributed by atoms with Crippen molar-refractivity contribution < 1.29 is 9.59 Å². The van der Waals surface area contributed by atoms with Crippen LogP contribution in [0.25, 0.3) is 0 Å². The van der Waals surface area contributed by atoms with Crippen molar-refractivity contribution in [3.05, 3.63) is 74.2 Å². The van der Waals surface area contributed by atoms with Crippen molar-refractivity contribution in [2.75, 3.05) is 18.4 Å². The van der Waals surface area contributed by atoms with Crippen LogP contribution in [0.2, 0.25) is 10.0 Å². The van der Waals surface area contributed by atoms with Gasteiger partial charge < -0.3 is 10.2 Å². The molecular formula is C22H21Cl2N3O2S2. The van der Waals surface area contributed by atoms with Crippen LogP contribution >= 0.6 is 46.3 Å². The molecule has 0 spiro atoms. The summed E-state index contributed by atoms with van der Waals surface area (Å²) in [6.07, 6.45) is 0.